The Bertz CT molecular complexity index is 2390. The maximum absolute atomic E-state index is 6.51. The predicted molar refractivity (Wildman–Crippen MR) is 271 cm³/mol. The molecule has 1 aliphatic carbocycles. The van der Waals surface area contributed by atoms with Gasteiger partial charge in [0.1, 0.15) is 56.9 Å². The van der Waals surface area contributed by atoms with Crippen LogP contribution in [-0.2, 0) is 38.9 Å². The molecule has 0 saturated carbocycles. The molecular weight excluding hydrogens is 885 g/mol. The van der Waals surface area contributed by atoms with E-state index >= 15 is 0 Å². The summed E-state index contributed by atoms with van der Waals surface area (Å²) in [5, 5.41) is 11.1. The molecule has 6 aromatic carbocycles. The number of nitrogens with one attached hydrogen (secondary N) is 3. The minimum atomic E-state index is 0.325. The summed E-state index contributed by atoms with van der Waals surface area (Å²) >= 11 is 0. The zero-order chi connectivity index (χ0) is 47.9. The lowest BCUT2D eigenvalue weighted by atomic mass is 9.94. The monoisotopic (exact) mass is 950 g/mol. The van der Waals surface area contributed by atoms with Gasteiger partial charge in [-0.3, -0.25) is 4.90 Å². The van der Waals surface area contributed by atoms with Crippen LogP contribution < -0.4 is 58.6 Å². The van der Waals surface area contributed by atoms with Crippen molar-refractivity contribution in [3.63, 3.8) is 0 Å². The Kier molecular flexibility index (Phi) is 16.8. The minimum absolute atomic E-state index is 0.325. The fourth-order valence-corrected chi connectivity index (χ4v) is 9.35. The maximum Gasteiger partial charge on any atom is 0.161 e. The highest BCUT2D eigenvalue weighted by atomic mass is 16.6. The van der Waals surface area contributed by atoms with E-state index in [1.165, 1.54) is 0 Å². The normalized spacial score (nSPS) is 16.5. The van der Waals surface area contributed by atoms with Crippen LogP contribution in [0.2, 0.25) is 0 Å². The van der Waals surface area contributed by atoms with E-state index in [0.717, 1.165) is 107 Å². The summed E-state index contributed by atoms with van der Waals surface area (Å²) in [6, 6.07) is 37.3. The van der Waals surface area contributed by atoms with Crippen LogP contribution in [0.5, 0.6) is 51.7 Å². The molecule has 6 heterocycles. The minimum Gasteiger partial charge on any atom is -0.493 e. The SMILES string of the molecule is COc1cc2c3cc1OCCOc1ccccc1CNCCN1CCNCc4ccccc4OCCOc4cc(c(cc4OC)C3)Cc3cc(OC)c(cc3C2)OCCOc2ccccc2CNCC1. The standard InChI is InChI=1S/C57H66N4O9/c1-62-52-31-43-28-47-35-56-54(64-3)33-45(47)30-48-36-57-53(63-2)32-44(48)29-46(43)34-55(52)68-25-22-65-49-13-7-4-10-40(49)37-58-16-19-61(20-17-59-38-41-11-5-8-14-50(41)66-23-26-69-56)21-18-60-39-42-12-6-9-15-51(42)67-24-27-70-57/h4-15,31-36,58-60H,16-30,37-39H2,1-3H3. The largest absolute Gasteiger partial charge is 0.493 e. The molecule has 13 rings (SSSR count). The lowest BCUT2D eigenvalue weighted by Crippen LogP contribution is -2.40. The summed E-state index contributed by atoms with van der Waals surface area (Å²) in [4.78, 5) is 2.49. The first-order chi connectivity index (χ1) is 34.5. The van der Waals surface area contributed by atoms with E-state index in [-0.39, 0.29) is 0 Å². The van der Waals surface area contributed by atoms with Crippen LogP contribution >= 0.6 is 0 Å². The third kappa shape index (κ3) is 12.4. The van der Waals surface area contributed by atoms with Crippen LogP contribution in [0, 0.1) is 0 Å². The molecule has 70 heavy (non-hydrogen) atoms. The lowest BCUT2D eigenvalue weighted by molar-refractivity contribution is 0.209. The second-order valence-corrected chi connectivity index (χ2v) is 17.6. The van der Waals surface area contributed by atoms with E-state index in [4.69, 9.17) is 42.6 Å². The Morgan fingerprint density at radius 2 is 0.614 bits per heavy atom. The van der Waals surface area contributed by atoms with Gasteiger partial charge in [-0.25, -0.2) is 0 Å². The fourth-order valence-electron chi connectivity index (χ4n) is 9.35. The highest BCUT2D eigenvalue weighted by molar-refractivity contribution is 5.58. The highest BCUT2D eigenvalue weighted by Gasteiger charge is 2.23. The molecule has 0 aromatic heterocycles. The molecule has 13 nitrogen and oxygen atoms in total. The van der Waals surface area contributed by atoms with Gasteiger partial charge in [-0.1, -0.05) is 54.6 Å². The molecule has 10 bridgehead atoms. The second kappa shape index (κ2) is 24.3. The number of hydrogen-bond acceptors (Lipinski definition) is 13. The Hall–Kier alpha value is -6.64. The van der Waals surface area contributed by atoms with Gasteiger partial charge in [-0.05, 0) is 107 Å². The first kappa shape index (κ1) is 48.4. The molecule has 0 atom stereocenters. The molecule has 0 amide bonds. The Morgan fingerprint density at radius 1 is 0.343 bits per heavy atom. The van der Waals surface area contributed by atoms with Gasteiger partial charge in [-0.15, -0.1) is 0 Å². The molecule has 0 spiro atoms. The van der Waals surface area contributed by atoms with Crippen molar-refractivity contribution in [2.45, 2.75) is 38.9 Å². The average molecular weight is 951 g/mol. The van der Waals surface area contributed by atoms with Crippen LogP contribution in [0.4, 0.5) is 0 Å². The molecule has 0 fully saturated rings. The molecule has 3 N–H and O–H groups in total. The Labute approximate surface area is 412 Å². The molecule has 0 unspecified atom stereocenters. The van der Waals surface area contributed by atoms with Gasteiger partial charge in [0.2, 0.25) is 0 Å². The van der Waals surface area contributed by atoms with Crippen molar-refractivity contribution >= 4 is 0 Å². The number of nitrogens with zero attached hydrogens (tertiary/aromatic N) is 1. The molecule has 6 aromatic rings. The van der Waals surface area contributed by atoms with Crippen molar-refractivity contribution in [1.82, 2.24) is 20.9 Å². The first-order valence-electron chi connectivity index (χ1n) is 24.5. The maximum atomic E-state index is 6.51. The van der Waals surface area contributed by atoms with Crippen molar-refractivity contribution in [1.29, 1.82) is 0 Å². The van der Waals surface area contributed by atoms with E-state index in [1.807, 2.05) is 36.4 Å². The van der Waals surface area contributed by atoms with E-state index in [1.54, 1.807) is 21.3 Å². The number of para-hydroxylation sites is 3. The number of methoxy groups -OCH3 is 3. The predicted octanol–water partition coefficient (Wildman–Crippen LogP) is 7.77. The van der Waals surface area contributed by atoms with Crippen molar-refractivity contribution in [3.05, 3.63) is 159 Å². The third-order valence-electron chi connectivity index (χ3n) is 13.1. The highest BCUT2D eigenvalue weighted by Crippen LogP contribution is 2.41. The van der Waals surface area contributed by atoms with E-state index in [9.17, 15) is 0 Å². The Balaban J connectivity index is 1.11. The Morgan fingerprint density at radius 3 is 0.914 bits per heavy atom. The summed E-state index contributed by atoms with van der Waals surface area (Å²) in [5.41, 5.74) is 9.91. The molecule has 368 valence electrons. The zero-order valence-electron chi connectivity index (χ0n) is 40.7. The topological polar surface area (TPSA) is 122 Å². The van der Waals surface area contributed by atoms with E-state index < -0.39 is 0 Å². The molecule has 7 aliphatic rings. The van der Waals surface area contributed by atoms with E-state index in [2.05, 4.69) is 93.6 Å². The van der Waals surface area contributed by atoms with Gasteiger partial charge >= 0.3 is 0 Å². The zero-order valence-corrected chi connectivity index (χ0v) is 40.7. The fraction of sp³-hybridized carbons (Fsp3) is 0.368. The third-order valence-corrected chi connectivity index (χ3v) is 13.1. The molecule has 0 saturated heterocycles. The van der Waals surface area contributed by atoms with Crippen LogP contribution in [0.15, 0.2) is 109 Å². The van der Waals surface area contributed by atoms with Crippen molar-refractivity contribution in [2.75, 3.05) is 100 Å². The van der Waals surface area contributed by atoms with Gasteiger partial charge < -0.3 is 58.6 Å². The number of ether oxygens (including phenoxy) is 9. The molecule has 6 aliphatic heterocycles. The average Bonchev–Trinajstić information content (AvgIpc) is 3.44. The smallest absolute Gasteiger partial charge is 0.161 e. The number of hydrogen-bond donors (Lipinski definition) is 3. The van der Waals surface area contributed by atoms with Crippen molar-refractivity contribution in [3.8, 4) is 51.7 Å². The van der Waals surface area contributed by atoms with E-state index in [0.29, 0.717) is 113 Å². The van der Waals surface area contributed by atoms with Crippen LogP contribution in [0.1, 0.15) is 50.1 Å². The summed E-state index contributed by atoms with van der Waals surface area (Å²) in [5.74, 6) is 6.40. The van der Waals surface area contributed by atoms with Gasteiger partial charge in [-0.2, -0.15) is 0 Å². The van der Waals surface area contributed by atoms with Crippen molar-refractivity contribution in [2.24, 2.45) is 0 Å². The molecule has 13 heteroatoms. The van der Waals surface area contributed by atoms with Gasteiger partial charge in [0.15, 0.2) is 34.5 Å². The lowest BCUT2D eigenvalue weighted by Gasteiger charge is -2.23. The second-order valence-electron chi connectivity index (χ2n) is 17.6. The summed E-state index contributed by atoms with van der Waals surface area (Å²) in [6.45, 7) is 9.10. The first-order valence-corrected chi connectivity index (χ1v) is 24.5. The van der Waals surface area contributed by atoms with Gasteiger partial charge in [0.05, 0.1) is 21.3 Å². The summed E-state index contributed by atoms with van der Waals surface area (Å²) in [6.07, 6.45) is 1.85. The number of fused-ring (bicyclic) bond motifs is 3. The van der Waals surface area contributed by atoms with Crippen LogP contribution in [0.25, 0.3) is 0 Å². The van der Waals surface area contributed by atoms with Crippen LogP contribution in [-0.4, -0.2) is 105 Å². The quantitative estimate of drug-likeness (QED) is 0.160. The van der Waals surface area contributed by atoms with Crippen LogP contribution in [0.3, 0.4) is 0 Å². The summed E-state index contributed by atoms with van der Waals surface area (Å²) in [7, 11) is 5.06. The number of rotatable bonds is 3. The summed E-state index contributed by atoms with van der Waals surface area (Å²) < 4.78 is 56.8. The molecular formula is C57H66N4O9. The van der Waals surface area contributed by atoms with Gasteiger partial charge in [0.25, 0.3) is 0 Å². The number of benzene rings is 6. The van der Waals surface area contributed by atoms with Gasteiger partial charge in [0, 0.05) is 75.6 Å². The van der Waals surface area contributed by atoms with Crippen molar-refractivity contribution < 1.29 is 42.6 Å². The molecule has 0 radical (unpaired) electrons.